The summed E-state index contributed by atoms with van der Waals surface area (Å²) in [5.41, 5.74) is 0.154. The number of hydrogen-bond acceptors (Lipinski definition) is 6. The van der Waals surface area contributed by atoms with Gasteiger partial charge >= 0.3 is 5.97 Å². The molecule has 0 spiro atoms. The average Bonchev–Trinajstić information content (AvgIpc) is 3.04. The molecule has 2 rings (SSSR count). The average molecular weight is 403 g/mol. The van der Waals surface area contributed by atoms with E-state index in [9.17, 15) is 18.0 Å². The lowest BCUT2D eigenvalue weighted by Crippen LogP contribution is -2.24. The lowest BCUT2D eigenvalue weighted by atomic mass is 10.1. The number of nitrogens with one attached hydrogen (secondary N) is 1. The van der Waals surface area contributed by atoms with E-state index in [0.717, 1.165) is 18.4 Å². The van der Waals surface area contributed by atoms with Crippen LogP contribution in [-0.4, -0.2) is 46.4 Å². The molecule has 1 aromatic heterocycles. The van der Waals surface area contributed by atoms with E-state index in [1.54, 1.807) is 14.1 Å². The van der Waals surface area contributed by atoms with Crippen molar-refractivity contribution in [2.75, 3.05) is 25.9 Å². The Kier molecular flexibility index (Phi) is 5.71. The fraction of sp³-hybridized carbons (Fsp3) is 0.200. The standard InChI is InChI=1S/C15H15ClN2O5S2/c1-18(2)14(19)10-5-4-9(16)8-11(10)17-25(21,22)12-6-7-24-13(12)15(20)23-3/h4-8,17H,1-3H3. The van der Waals surface area contributed by atoms with Gasteiger partial charge in [0.15, 0.2) is 0 Å². The monoisotopic (exact) mass is 402 g/mol. The smallest absolute Gasteiger partial charge is 0.349 e. The molecule has 0 saturated heterocycles. The van der Waals surface area contributed by atoms with Crippen LogP contribution in [0.2, 0.25) is 5.02 Å². The maximum Gasteiger partial charge on any atom is 0.349 e. The molecule has 0 bridgehead atoms. The number of hydrogen-bond donors (Lipinski definition) is 1. The number of thiophene rings is 1. The Morgan fingerprint density at radius 1 is 1.24 bits per heavy atom. The van der Waals surface area contributed by atoms with Gasteiger partial charge in [-0.05, 0) is 29.6 Å². The first kappa shape index (κ1) is 19.2. The zero-order chi connectivity index (χ0) is 18.8. The van der Waals surface area contributed by atoms with E-state index in [0.29, 0.717) is 0 Å². The second-order valence-electron chi connectivity index (χ2n) is 5.10. The largest absolute Gasteiger partial charge is 0.465 e. The van der Waals surface area contributed by atoms with Crippen LogP contribution in [0.25, 0.3) is 0 Å². The molecule has 2 aromatic rings. The number of esters is 1. The van der Waals surface area contributed by atoms with Gasteiger partial charge in [0.05, 0.1) is 18.4 Å². The molecule has 0 fully saturated rings. The summed E-state index contributed by atoms with van der Waals surface area (Å²) >= 11 is 6.87. The van der Waals surface area contributed by atoms with Crippen LogP contribution >= 0.6 is 22.9 Å². The Bertz CT molecular complexity index is 922. The van der Waals surface area contributed by atoms with Gasteiger partial charge in [0.25, 0.3) is 15.9 Å². The highest BCUT2D eigenvalue weighted by Crippen LogP contribution is 2.28. The van der Waals surface area contributed by atoms with Crippen molar-refractivity contribution in [1.82, 2.24) is 4.90 Å². The quantitative estimate of drug-likeness (QED) is 0.776. The minimum atomic E-state index is -4.12. The molecule has 0 atom stereocenters. The van der Waals surface area contributed by atoms with Crippen LogP contribution in [-0.2, 0) is 14.8 Å². The van der Waals surface area contributed by atoms with Crippen LogP contribution in [0.4, 0.5) is 5.69 Å². The van der Waals surface area contributed by atoms with Crippen LogP contribution in [0.3, 0.4) is 0 Å². The Labute approximate surface area is 154 Å². The number of nitrogens with zero attached hydrogens (tertiary/aromatic N) is 1. The van der Waals surface area contributed by atoms with Gasteiger partial charge in [-0.15, -0.1) is 11.3 Å². The zero-order valence-electron chi connectivity index (χ0n) is 13.6. The number of carbonyl (C=O) groups excluding carboxylic acids is 2. The second-order valence-corrected chi connectivity index (χ2v) is 8.10. The van der Waals surface area contributed by atoms with Crippen molar-refractivity contribution in [3.05, 3.63) is 45.1 Å². The first-order valence-corrected chi connectivity index (χ1v) is 9.61. The van der Waals surface area contributed by atoms with Gasteiger partial charge in [-0.1, -0.05) is 11.6 Å². The molecule has 0 aliphatic rings. The van der Waals surface area contributed by atoms with E-state index in [2.05, 4.69) is 9.46 Å². The van der Waals surface area contributed by atoms with Crippen molar-refractivity contribution >= 4 is 50.5 Å². The highest BCUT2D eigenvalue weighted by molar-refractivity contribution is 7.93. The molecule has 0 aliphatic carbocycles. The summed E-state index contributed by atoms with van der Waals surface area (Å²) in [5.74, 6) is -1.15. The topological polar surface area (TPSA) is 92.8 Å². The summed E-state index contributed by atoms with van der Waals surface area (Å²) in [5, 5.41) is 1.72. The van der Waals surface area contributed by atoms with Crippen molar-refractivity contribution in [3.8, 4) is 0 Å². The molecular formula is C15H15ClN2O5S2. The molecule has 7 nitrogen and oxygen atoms in total. The molecule has 0 aliphatic heterocycles. The van der Waals surface area contributed by atoms with Crippen molar-refractivity contribution in [2.24, 2.45) is 0 Å². The number of ether oxygens (including phenoxy) is 1. The molecule has 1 aromatic carbocycles. The molecular weight excluding hydrogens is 388 g/mol. The number of amides is 1. The van der Waals surface area contributed by atoms with Gasteiger partial charge in [0.1, 0.15) is 9.77 Å². The molecule has 0 radical (unpaired) electrons. The summed E-state index contributed by atoms with van der Waals surface area (Å²) in [4.78, 5) is 25.0. The third-order valence-corrected chi connectivity index (χ3v) is 5.82. The Morgan fingerprint density at radius 2 is 1.92 bits per heavy atom. The normalized spacial score (nSPS) is 11.0. The van der Waals surface area contributed by atoms with Gasteiger partial charge in [0, 0.05) is 19.1 Å². The Hall–Kier alpha value is -2.10. The van der Waals surface area contributed by atoms with E-state index in [4.69, 9.17) is 11.6 Å². The zero-order valence-corrected chi connectivity index (χ0v) is 16.0. The Balaban J connectivity index is 2.49. The van der Waals surface area contributed by atoms with Gasteiger partial charge < -0.3 is 9.64 Å². The molecule has 0 saturated carbocycles. The summed E-state index contributed by atoms with van der Waals surface area (Å²) in [6.07, 6.45) is 0. The number of anilines is 1. The predicted molar refractivity (Wildman–Crippen MR) is 95.9 cm³/mol. The lowest BCUT2D eigenvalue weighted by Gasteiger charge is -2.16. The van der Waals surface area contributed by atoms with Gasteiger partial charge in [-0.3, -0.25) is 9.52 Å². The fourth-order valence-electron chi connectivity index (χ4n) is 1.98. The number of halogens is 1. The fourth-order valence-corrected chi connectivity index (χ4v) is 4.56. The minimum Gasteiger partial charge on any atom is -0.465 e. The van der Waals surface area contributed by atoms with Crippen molar-refractivity contribution in [1.29, 1.82) is 0 Å². The predicted octanol–water partition coefficient (Wildman–Crippen LogP) is 2.69. The van der Waals surface area contributed by atoms with Gasteiger partial charge in [-0.2, -0.15) is 0 Å². The third-order valence-electron chi connectivity index (χ3n) is 3.15. The number of rotatable bonds is 5. The van der Waals surface area contributed by atoms with Gasteiger partial charge in [-0.25, -0.2) is 13.2 Å². The van der Waals surface area contributed by atoms with E-state index in [-0.39, 0.29) is 26.0 Å². The summed E-state index contributed by atoms with van der Waals surface area (Å²) < 4.78 is 32.3. The molecule has 1 heterocycles. The highest BCUT2D eigenvalue weighted by Gasteiger charge is 2.26. The molecule has 10 heteroatoms. The summed E-state index contributed by atoms with van der Waals surface area (Å²) in [6, 6.07) is 5.54. The molecule has 134 valence electrons. The van der Waals surface area contributed by atoms with Gasteiger partial charge in [0.2, 0.25) is 0 Å². The van der Waals surface area contributed by atoms with E-state index in [1.807, 2.05) is 0 Å². The first-order valence-electron chi connectivity index (χ1n) is 6.87. The van der Waals surface area contributed by atoms with Crippen LogP contribution in [0.1, 0.15) is 20.0 Å². The maximum absolute atomic E-state index is 12.7. The van der Waals surface area contributed by atoms with Crippen molar-refractivity contribution in [2.45, 2.75) is 4.90 Å². The number of methoxy groups -OCH3 is 1. The van der Waals surface area contributed by atoms with Crippen LogP contribution < -0.4 is 4.72 Å². The molecule has 25 heavy (non-hydrogen) atoms. The first-order chi connectivity index (χ1) is 11.7. The van der Waals surface area contributed by atoms with Crippen molar-refractivity contribution < 1.29 is 22.7 Å². The van der Waals surface area contributed by atoms with Crippen LogP contribution in [0.15, 0.2) is 34.5 Å². The number of benzene rings is 1. The van der Waals surface area contributed by atoms with E-state index >= 15 is 0 Å². The lowest BCUT2D eigenvalue weighted by molar-refractivity contribution is 0.0602. The highest BCUT2D eigenvalue weighted by atomic mass is 35.5. The minimum absolute atomic E-state index is 0.0215. The number of sulfonamides is 1. The summed E-state index contributed by atoms with van der Waals surface area (Å²) in [6.45, 7) is 0. The van der Waals surface area contributed by atoms with Crippen LogP contribution in [0.5, 0.6) is 0 Å². The van der Waals surface area contributed by atoms with Crippen molar-refractivity contribution in [3.63, 3.8) is 0 Å². The molecule has 1 amide bonds. The number of carbonyl (C=O) groups is 2. The SMILES string of the molecule is COC(=O)c1sccc1S(=O)(=O)Nc1cc(Cl)ccc1C(=O)N(C)C. The molecule has 1 N–H and O–H groups in total. The third kappa shape index (κ3) is 4.12. The van der Waals surface area contributed by atoms with Crippen LogP contribution in [0, 0.1) is 0 Å². The second kappa shape index (κ2) is 7.42. The summed E-state index contributed by atoms with van der Waals surface area (Å²) in [7, 11) is 0.130. The Morgan fingerprint density at radius 3 is 2.52 bits per heavy atom. The van der Waals surface area contributed by atoms with E-state index < -0.39 is 21.9 Å². The maximum atomic E-state index is 12.7. The van der Waals surface area contributed by atoms with E-state index in [1.165, 1.54) is 34.5 Å². The molecule has 0 unspecified atom stereocenters.